The monoisotopic (exact) mass is 366 g/mol. The molecule has 2 heterocycles. The molecule has 0 spiro atoms. The molecule has 0 radical (unpaired) electrons. The molecule has 1 saturated heterocycles. The molecular formula is C21H30N6. The Balaban J connectivity index is 1.50. The van der Waals surface area contributed by atoms with Crippen LogP contribution < -0.4 is 10.2 Å². The summed E-state index contributed by atoms with van der Waals surface area (Å²) in [6.07, 6.45) is 1.85. The molecule has 1 aromatic carbocycles. The quantitative estimate of drug-likeness (QED) is 0.648. The summed E-state index contributed by atoms with van der Waals surface area (Å²) < 4.78 is 0. The SMILES string of the molecule is CN=C(NCc1ccc(CN(C)C)cc1)N1CCN(c2ccccn2)CC1. The van der Waals surface area contributed by atoms with Crippen LogP contribution >= 0.6 is 0 Å². The van der Waals surface area contributed by atoms with Crippen LogP contribution in [-0.4, -0.2) is 68.1 Å². The summed E-state index contributed by atoms with van der Waals surface area (Å²) in [6.45, 7) is 5.55. The lowest BCUT2D eigenvalue weighted by Crippen LogP contribution is -2.52. The van der Waals surface area contributed by atoms with Gasteiger partial charge in [-0.25, -0.2) is 4.98 Å². The summed E-state index contributed by atoms with van der Waals surface area (Å²) >= 11 is 0. The zero-order valence-corrected chi connectivity index (χ0v) is 16.6. The number of nitrogens with zero attached hydrogens (tertiary/aromatic N) is 5. The largest absolute Gasteiger partial charge is 0.353 e. The van der Waals surface area contributed by atoms with E-state index in [-0.39, 0.29) is 0 Å². The summed E-state index contributed by atoms with van der Waals surface area (Å²) in [6, 6.07) is 14.9. The van der Waals surface area contributed by atoms with Crippen molar-refractivity contribution in [3.63, 3.8) is 0 Å². The van der Waals surface area contributed by atoms with E-state index in [0.29, 0.717) is 0 Å². The first kappa shape index (κ1) is 19.2. The van der Waals surface area contributed by atoms with Crippen molar-refractivity contribution >= 4 is 11.8 Å². The van der Waals surface area contributed by atoms with Crippen LogP contribution in [0.5, 0.6) is 0 Å². The molecule has 1 aromatic heterocycles. The van der Waals surface area contributed by atoms with Crippen LogP contribution in [0.25, 0.3) is 0 Å². The third kappa shape index (κ3) is 5.44. The third-order valence-corrected chi connectivity index (χ3v) is 4.74. The summed E-state index contributed by atoms with van der Waals surface area (Å²) in [4.78, 5) is 15.8. The van der Waals surface area contributed by atoms with Crippen LogP contribution in [0.4, 0.5) is 5.82 Å². The third-order valence-electron chi connectivity index (χ3n) is 4.74. The highest BCUT2D eigenvalue weighted by Crippen LogP contribution is 2.13. The molecule has 1 aliphatic rings. The highest BCUT2D eigenvalue weighted by Gasteiger charge is 2.20. The molecule has 0 saturated carbocycles. The van der Waals surface area contributed by atoms with Gasteiger partial charge in [0.1, 0.15) is 5.82 Å². The zero-order chi connectivity index (χ0) is 19.1. The van der Waals surface area contributed by atoms with Crippen LogP contribution in [0.3, 0.4) is 0 Å². The Morgan fingerprint density at radius 1 is 1.04 bits per heavy atom. The van der Waals surface area contributed by atoms with E-state index in [1.807, 2.05) is 25.4 Å². The predicted octanol–water partition coefficient (Wildman–Crippen LogP) is 2.04. The molecule has 1 N–H and O–H groups in total. The molecule has 0 amide bonds. The van der Waals surface area contributed by atoms with Crippen molar-refractivity contribution in [2.75, 3.05) is 52.2 Å². The Labute approximate surface area is 162 Å². The van der Waals surface area contributed by atoms with Crippen molar-refractivity contribution in [3.05, 3.63) is 59.8 Å². The Hall–Kier alpha value is -2.60. The van der Waals surface area contributed by atoms with E-state index in [1.54, 1.807) is 0 Å². The number of aromatic nitrogens is 1. The lowest BCUT2D eigenvalue weighted by molar-refractivity contribution is 0.371. The summed E-state index contributed by atoms with van der Waals surface area (Å²) in [5.74, 6) is 2.02. The first-order chi connectivity index (χ1) is 13.2. The maximum atomic E-state index is 4.47. The molecule has 144 valence electrons. The van der Waals surface area contributed by atoms with Gasteiger partial charge in [0.25, 0.3) is 0 Å². The molecule has 1 aliphatic heterocycles. The maximum Gasteiger partial charge on any atom is 0.194 e. The number of piperazine rings is 1. The van der Waals surface area contributed by atoms with Gasteiger partial charge in [-0.15, -0.1) is 0 Å². The van der Waals surface area contributed by atoms with E-state index >= 15 is 0 Å². The van der Waals surface area contributed by atoms with E-state index in [2.05, 4.69) is 74.4 Å². The van der Waals surface area contributed by atoms with Crippen LogP contribution in [0.1, 0.15) is 11.1 Å². The summed E-state index contributed by atoms with van der Waals surface area (Å²) in [5, 5.41) is 3.50. The number of pyridine rings is 1. The first-order valence-electron chi connectivity index (χ1n) is 9.50. The van der Waals surface area contributed by atoms with Gasteiger partial charge in [0.2, 0.25) is 0 Å². The van der Waals surface area contributed by atoms with E-state index < -0.39 is 0 Å². The average Bonchev–Trinajstić information content (AvgIpc) is 2.70. The van der Waals surface area contributed by atoms with E-state index in [0.717, 1.165) is 51.0 Å². The van der Waals surface area contributed by atoms with Gasteiger partial charge in [-0.05, 0) is 37.4 Å². The van der Waals surface area contributed by atoms with Crippen LogP contribution in [0.2, 0.25) is 0 Å². The zero-order valence-electron chi connectivity index (χ0n) is 16.6. The van der Waals surface area contributed by atoms with Crippen molar-refractivity contribution in [1.82, 2.24) is 20.1 Å². The van der Waals surface area contributed by atoms with E-state index in [9.17, 15) is 0 Å². The second kappa shape index (κ2) is 9.37. The molecule has 3 rings (SSSR count). The number of guanidine groups is 1. The number of anilines is 1. The van der Waals surface area contributed by atoms with Crippen molar-refractivity contribution < 1.29 is 0 Å². The van der Waals surface area contributed by atoms with Gasteiger partial charge in [-0.1, -0.05) is 30.3 Å². The van der Waals surface area contributed by atoms with Gasteiger partial charge >= 0.3 is 0 Å². The Bertz CT molecular complexity index is 718. The van der Waals surface area contributed by atoms with Gasteiger partial charge in [0.15, 0.2) is 5.96 Å². The lowest BCUT2D eigenvalue weighted by atomic mass is 10.1. The summed E-state index contributed by atoms with van der Waals surface area (Å²) in [5.41, 5.74) is 2.60. The normalized spacial score (nSPS) is 15.3. The van der Waals surface area contributed by atoms with E-state index in [4.69, 9.17) is 0 Å². The summed E-state index contributed by atoms with van der Waals surface area (Å²) in [7, 11) is 6.04. The van der Waals surface area contributed by atoms with Crippen molar-refractivity contribution in [2.45, 2.75) is 13.1 Å². The highest BCUT2D eigenvalue weighted by molar-refractivity contribution is 5.80. The number of hydrogen-bond acceptors (Lipinski definition) is 4. The predicted molar refractivity (Wildman–Crippen MR) is 112 cm³/mol. The topological polar surface area (TPSA) is 47.0 Å². The number of hydrogen-bond donors (Lipinski definition) is 1. The lowest BCUT2D eigenvalue weighted by Gasteiger charge is -2.37. The van der Waals surface area contributed by atoms with Gasteiger partial charge in [-0.3, -0.25) is 4.99 Å². The minimum absolute atomic E-state index is 0.787. The fraction of sp³-hybridized carbons (Fsp3) is 0.429. The van der Waals surface area contributed by atoms with Crippen LogP contribution in [0, 0.1) is 0 Å². The number of rotatable bonds is 5. The molecular weight excluding hydrogens is 336 g/mol. The standard InChI is InChI=1S/C21H30N6/c1-22-21(24-16-18-7-9-19(10-8-18)17-25(2)3)27-14-12-26(13-15-27)20-6-4-5-11-23-20/h4-11H,12-17H2,1-3H3,(H,22,24). The van der Waals surface area contributed by atoms with Crippen LogP contribution in [-0.2, 0) is 13.1 Å². The molecule has 6 heteroatoms. The smallest absolute Gasteiger partial charge is 0.194 e. The van der Waals surface area contributed by atoms with Gasteiger partial charge in [-0.2, -0.15) is 0 Å². The van der Waals surface area contributed by atoms with Gasteiger partial charge in [0.05, 0.1) is 0 Å². The van der Waals surface area contributed by atoms with Crippen molar-refractivity contribution in [1.29, 1.82) is 0 Å². The number of aliphatic imine (C=N–C) groups is 1. The fourth-order valence-corrected chi connectivity index (χ4v) is 3.33. The minimum Gasteiger partial charge on any atom is -0.353 e. The van der Waals surface area contributed by atoms with Crippen molar-refractivity contribution in [2.24, 2.45) is 4.99 Å². The van der Waals surface area contributed by atoms with Gasteiger partial charge in [0, 0.05) is 52.5 Å². The first-order valence-corrected chi connectivity index (χ1v) is 9.50. The Kier molecular flexibility index (Phi) is 6.65. The highest BCUT2D eigenvalue weighted by atomic mass is 15.4. The van der Waals surface area contributed by atoms with E-state index in [1.165, 1.54) is 11.1 Å². The second-order valence-electron chi connectivity index (χ2n) is 7.12. The molecule has 1 fully saturated rings. The minimum atomic E-state index is 0.787. The molecule has 27 heavy (non-hydrogen) atoms. The number of benzene rings is 1. The number of nitrogens with one attached hydrogen (secondary N) is 1. The van der Waals surface area contributed by atoms with Crippen molar-refractivity contribution in [3.8, 4) is 0 Å². The Morgan fingerprint density at radius 2 is 1.74 bits per heavy atom. The fourth-order valence-electron chi connectivity index (χ4n) is 3.33. The maximum absolute atomic E-state index is 4.47. The molecule has 6 nitrogen and oxygen atoms in total. The second-order valence-corrected chi connectivity index (χ2v) is 7.12. The average molecular weight is 367 g/mol. The Morgan fingerprint density at radius 3 is 2.33 bits per heavy atom. The molecule has 0 atom stereocenters. The molecule has 2 aromatic rings. The molecule has 0 unspecified atom stereocenters. The van der Waals surface area contributed by atoms with Crippen LogP contribution in [0.15, 0.2) is 53.7 Å². The van der Waals surface area contributed by atoms with Gasteiger partial charge < -0.3 is 20.0 Å². The molecule has 0 bridgehead atoms. The molecule has 0 aliphatic carbocycles.